The lowest BCUT2D eigenvalue weighted by Gasteiger charge is -2.20. The predicted octanol–water partition coefficient (Wildman–Crippen LogP) is 14.2. The lowest BCUT2D eigenvalue weighted by Crippen LogP contribution is -2.29. The number of esters is 2. The van der Waals surface area contributed by atoms with Crippen LogP contribution in [0.25, 0.3) is 0 Å². The highest BCUT2D eigenvalue weighted by atomic mass is 31.2. The van der Waals surface area contributed by atoms with Gasteiger partial charge in [-0.3, -0.25) is 18.6 Å². The number of ether oxygens (including phenoxy) is 2. The number of hydrogen-bond acceptors (Lipinski definition) is 8. The molecule has 0 fully saturated rings. The first-order valence-corrected chi connectivity index (χ1v) is 25.4. The van der Waals surface area contributed by atoms with Crippen molar-refractivity contribution < 1.29 is 37.6 Å². The predicted molar refractivity (Wildman–Crippen MR) is 256 cm³/mol. The fraction of sp³-hybridized carbons (Fsp3) is 0.686. The Balaban J connectivity index is 4.36. The highest BCUT2D eigenvalue weighted by Crippen LogP contribution is 2.43. The van der Waals surface area contributed by atoms with Gasteiger partial charge in [0.15, 0.2) is 6.10 Å². The van der Waals surface area contributed by atoms with Gasteiger partial charge in [-0.1, -0.05) is 176 Å². The van der Waals surface area contributed by atoms with E-state index in [0.717, 1.165) is 57.8 Å². The van der Waals surface area contributed by atoms with E-state index in [4.69, 9.17) is 18.5 Å². The highest BCUT2D eigenvalue weighted by molar-refractivity contribution is 7.47. The van der Waals surface area contributed by atoms with Crippen LogP contribution in [-0.4, -0.2) is 68.3 Å². The van der Waals surface area contributed by atoms with Crippen molar-refractivity contribution in [1.82, 2.24) is 4.90 Å². The van der Waals surface area contributed by atoms with E-state index < -0.39 is 32.5 Å². The van der Waals surface area contributed by atoms with Gasteiger partial charge in [0.05, 0.1) is 13.2 Å². The summed E-state index contributed by atoms with van der Waals surface area (Å²) in [6, 6.07) is 0. The zero-order valence-corrected chi connectivity index (χ0v) is 40.0. The number of carbonyl (C=O) groups is 2. The molecule has 10 heteroatoms. The summed E-state index contributed by atoms with van der Waals surface area (Å²) in [6.07, 6.45) is 56.5. The lowest BCUT2D eigenvalue weighted by atomic mass is 10.1. The van der Waals surface area contributed by atoms with E-state index in [1.807, 2.05) is 31.1 Å². The number of phosphoric ester groups is 1. The van der Waals surface area contributed by atoms with Crippen LogP contribution >= 0.6 is 7.82 Å². The molecule has 0 aliphatic carbocycles. The number of hydrogen-bond donors (Lipinski definition) is 1. The number of phosphoric acid groups is 1. The summed E-state index contributed by atoms with van der Waals surface area (Å²) >= 11 is 0. The number of likely N-dealkylation sites (N-methyl/N-ethyl adjacent to an activating group) is 1. The minimum absolute atomic E-state index is 0.00812. The van der Waals surface area contributed by atoms with E-state index in [2.05, 4.69) is 86.8 Å². The van der Waals surface area contributed by atoms with Gasteiger partial charge in [0.2, 0.25) is 0 Å². The molecule has 0 aliphatic heterocycles. The Bertz CT molecular complexity index is 1280. The molecule has 61 heavy (non-hydrogen) atoms. The van der Waals surface area contributed by atoms with Crippen LogP contribution in [-0.2, 0) is 32.7 Å². The molecule has 0 saturated heterocycles. The van der Waals surface area contributed by atoms with Crippen molar-refractivity contribution in [1.29, 1.82) is 0 Å². The summed E-state index contributed by atoms with van der Waals surface area (Å²) < 4.78 is 33.5. The van der Waals surface area contributed by atoms with Gasteiger partial charge in [0.25, 0.3) is 0 Å². The van der Waals surface area contributed by atoms with Gasteiger partial charge in [0, 0.05) is 19.4 Å². The summed E-state index contributed by atoms with van der Waals surface area (Å²) in [7, 11) is -0.753. The third-order valence-corrected chi connectivity index (χ3v) is 10.7. The van der Waals surface area contributed by atoms with Gasteiger partial charge in [-0.2, -0.15) is 0 Å². The van der Waals surface area contributed by atoms with Crippen molar-refractivity contribution in [3.63, 3.8) is 0 Å². The molecule has 2 unspecified atom stereocenters. The molecule has 9 nitrogen and oxygen atoms in total. The Morgan fingerprint density at radius 1 is 0.525 bits per heavy atom. The number of allylic oxidation sites excluding steroid dienone is 14. The molecule has 0 amide bonds. The number of rotatable bonds is 43. The van der Waals surface area contributed by atoms with Gasteiger partial charge in [-0.25, -0.2) is 4.57 Å². The third-order valence-electron chi connectivity index (χ3n) is 9.70. The van der Waals surface area contributed by atoms with Crippen LogP contribution in [0.5, 0.6) is 0 Å². The summed E-state index contributed by atoms with van der Waals surface area (Å²) in [5.74, 6) is -0.907. The summed E-state index contributed by atoms with van der Waals surface area (Å²) in [6.45, 7) is 4.11. The Morgan fingerprint density at radius 2 is 0.967 bits per heavy atom. The van der Waals surface area contributed by atoms with Gasteiger partial charge >= 0.3 is 19.8 Å². The van der Waals surface area contributed by atoms with E-state index in [0.29, 0.717) is 19.4 Å². The van der Waals surface area contributed by atoms with E-state index in [-0.39, 0.29) is 26.1 Å². The molecule has 2 atom stereocenters. The average molecular weight is 874 g/mol. The Labute approximate surface area is 373 Å². The van der Waals surface area contributed by atoms with Gasteiger partial charge in [-0.15, -0.1) is 0 Å². The normalized spacial score (nSPS) is 14.1. The lowest BCUT2D eigenvalue weighted by molar-refractivity contribution is -0.161. The maximum absolute atomic E-state index is 12.7. The van der Waals surface area contributed by atoms with Crippen LogP contribution in [0, 0.1) is 0 Å². The second-order valence-corrected chi connectivity index (χ2v) is 17.4. The molecule has 0 bridgehead atoms. The van der Waals surface area contributed by atoms with Crippen LogP contribution in [0.15, 0.2) is 85.1 Å². The number of carbonyl (C=O) groups excluding carboxylic acids is 2. The quantitative estimate of drug-likeness (QED) is 0.0277. The number of nitrogens with zero attached hydrogens (tertiary/aromatic N) is 1. The van der Waals surface area contributed by atoms with Crippen molar-refractivity contribution in [3.8, 4) is 0 Å². The zero-order valence-electron chi connectivity index (χ0n) is 39.1. The van der Waals surface area contributed by atoms with Crippen molar-refractivity contribution in [2.45, 2.75) is 187 Å². The largest absolute Gasteiger partial charge is 0.472 e. The Morgan fingerprint density at radius 3 is 1.46 bits per heavy atom. The second-order valence-electron chi connectivity index (χ2n) is 15.9. The van der Waals surface area contributed by atoms with Crippen LogP contribution < -0.4 is 0 Å². The Kier molecular flexibility index (Phi) is 43.1. The maximum Gasteiger partial charge on any atom is 0.472 e. The highest BCUT2D eigenvalue weighted by Gasteiger charge is 2.26. The summed E-state index contributed by atoms with van der Waals surface area (Å²) in [5.41, 5.74) is 0. The van der Waals surface area contributed by atoms with E-state index in [1.54, 1.807) is 0 Å². The molecular formula is C51H88NO8P. The molecule has 1 N–H and O–H groups in total. The SMILES string of the molecule is CC/C=C\C/C=C\C/C=C\C/C=C\C/C=C\C/C=C\CCC(=O)OCC(COP(=O)(O)OCCN(C)C)OC(=O)CCCCCCCCCCC/C=C\CCCCCCCC. The van der Waals surface area contributed by atoms with Crippen LogP contribution in [0.2, 0.25) is 0 Å². The minimum atomic E-state index is -4.39. The third kappa shape index (κ3) is 46.5. The number of unbranched alkanes of at least 4 members (excludes halogenated alkanes) is 15. The molecule has 0 radical (unpaired) electrons. The van der Waals surface area contributed by atoms with E-state index in [1.165, 1.54) is 83.5 Å². The standard InChI is InChI=1S/C51H88NO8P/c1-5-7-9-11-13-15-17-19-21-23-25-27-29-31-33-35-37-39-41-43-50(53)57-47-49(48-59-61(55,56)58-46-45-52(3)4)60-51(54)44-42-40-38-36-34-32-30-28-26-24-22-20-18-16-14-12-10-8-6-2/h7,9,13,15,19-22,25,27,31,33,37,39,49H,5-6,8,10-12,14,16-18,23-24,26,28-30,32,34-36,38,40-48H2,1-4H3,(H,55,56)/b9-7-,15-13-,21-19-,22-20-,27-25-,33-31-,39-37-. The molecule has 0 spiro atoms. The van der Waals surface area contributed by atoms with Crippen LogP contribution in [0.3, 0.4) is 0 Å². The minimum Gasteiger partial charge on any atom is -0.462 e. The van der Waals surface area contributed by atoms with Crippen molar-refractivity contribution in [2.75, 3.05) is 40.5 Å². The fourth-order valence-corrected chi connectivity index (χ4v) is 6.80. The fourth-order valence-electron chi connectivity index (χ4n) is 6.06. The monoisotopic (exact) mass is 874 g/mol. The summed E-state index contributed by atoms with van der Waals surface area (Å²) in [5, 5.41) is 0. The molecule has 0 aromatic heterocycles. The average Bonchev–Trinajstić information content (AvgIpc) is 3.23. The molecule has 350 valence electrons. The maximum atomic E-state index is 12.7. The molecule has 0 saturated carbocycles. The van der Waals surface area contributed by atoms with Crippen molar-refractivity contribution in [2.24, 2.45) is 0 Å². The van der Waals surface area contributed by atoms with Gasteiger partial charge in [0.1, 0.15) is 6.61 Å². The van der Waals surface area contributed by atoms with Gasteiger partial charge in [-0.05, 0) is 91.1 Å². The molecule has 0 aromatic rings. The summed E-state index contributed by atoms with van der Waals surface area (Å²) in [4.78, 5) is 37.1. The zero-order chi connectivity index (χ0) is 44.8. The van der Waals surface area contributed by atoms with E-state index in [9.17, 15) is 19.0 Å². The first kappa shape index (κ1) is 58.2. The second kappa shape index (κ2) is 45.2. The molecule has 0 heterocycles. The Hall–Kier alpha value is -2.81. The van der Waals surface area contributed by atoms with Crippen LogP contribution in [0.1, 0.15) is 181 Å². The first-order chi connectivity index (χ1) is 29.7. The smallest absolute Gasteiger partial charge is 0.462 e. The van der Waals surface area contributed by atoms with E-state index >= 15 is 0 Å². The molecule has 0 rings (SSSR count). The molecular weight excluding hydrogens is 786 g/mol. The molecule has 0 aromatic carbocycles. The van der Waals surface area contributed by atoms with Gasteiger partial charge < -0.3 is 19.3 Å². The topological polar surface area (TPSA) is 112 Å². The van der Waals surface area contributed by atoms with Crippen molar-refractivity contribution >= 4 is 19.8 Å². The first-order valence-electron chi connectivity index (χ1n) is 23.9. The van der Waals surface area contributed by atoms with Crippen LogP contribution in [0.4, 0.5) is 0 Å². The van der Waals surface area contributed by atoms with Crippen molar-refractivity contribution in [3.05, 3.63) is 85.1 Å². The molecule has 0 aliphatic rings.